The van der Waals surface area contributed by atoms with Gasteiger partial charge in [0.25, 0.3) is 11.0 Å². The lowest BCUT2D eigenvalue weighted by Crippen LogP contribution is -3.61. The van der Waals surface area contributed by atoms with Crippen LogP contribution in [0.4, 0.5) is 35.1 Å². The molecular weight excluding hydrogens is 1090 g/mol. The summed E-state index contributed by atoms with van der Waals surface area (Å²) in [5.41, 5.74) is -2.01. The van der Waals surface area contributed by atoms with Crippen LogP contribution >= 0.6 is 0 Å². The van der Waals surface area contributed by atoms with Crippen LogP contribution in [-0.4, -0.2) is 49.3 Å². The molecule has 18 heteroatoms. The second-order valence-corrected chi connectivity index (χ2v) is 26.8. The molecule has 4 aromatic rings. The molecule has 0 radical (unpaired) electrons. The molecule has 0 spiro atoms. The van der Waals surface area contributed by atoms with Crippen molar-refractivity contribution in [1.29, 1.82) is 0 Å². The largest absolute Gasteiger partial charge is 0.745 e. The lowest BCUT2D eigenvalue weighted by atomic mass is 9.87. The van der Waals surface area contributed by atoms with Crippen molar-refractivity contribution in [2.24, 2.45) is 0 Å². The fourth-order valence-corrected chi connectivity index (χ4v) is 9.60. The summed E-state index contributed by atoms with van der Waals surface area (Å²) in [7, 11) is -11.8. The molecule has 0 saturated heterocycles. The molecule has 348 valence electrons. The first-order valence-electron chi connectivity index (χ1n) is 18.7. The Morgan fingerprint density at radius 1 is 0.371 bits per heavy atom. The van der Waals surface area contributed by atoms with Gasteiger partial charge < -0.3 is 9.11 Å². The van der Waals surface area contributed by atoms with E-state index in [1.807, 2.05) is 0 Å². The zero-order valence-corrected chi connectivity index (χ0v) is 42.4. The van der Waals surface area contributed by atoms with E-state index in [4.69, 9.17) is 0 Å². The van der Waals surface area contributed by atoms with Gasteiger partial charge in [-0.05, 0) is 92.4 Å². The van der Waals surface area contributed by atoms with Crippen LogP contribution in [0.1, 0.15) is 105 Å². The predicted molar refractivity (Wildman–Crippen MR) is 217 cm³/mol. The maximum atomic E-state index is 11.4. The van der Waals surface area contributed by atoms with E-state index >= 15 is 0 Å². The van der Waals surface area contributed by atoms with Crippen molar-refractivity contribution in [2.45, 2.75) is 128 Å². The van der Waals surface area contributed by atoms with Gasteiger partial charge in [-0.1, -0.05) is 132 Å². The molecule has 0 N–H and O–H groups in total. The van der Waals surface area contributed by atoms with Gasteiger partial charge in [0.2, 0.25) is 0 Å². The molecule has 6 nitrogen and oxygen atoms in total. The van der Waals surface area contributed by atoms with Crippen molar-refractivity contribution < 1.29 is 103 Å². The smallest absolute Gasteiger partial charge is 0.433 e. The first-order valence-corrected chi connectivity index (χ1v) is 25.9. The third-order valence-corrected chi connectivity index (χ3v) is 15.2. The van der Waals surface area contributed by atoms with Crippen molar-refractivity contribution in [2.75, 3.05) is 0 Å². The van der Waals surface area contributed by atoms with Gasteiger partial charge in [-0.15, -0.1) is 0 Å². The molecular formula is C44H54F8I2O6S2. The summed E-state index contributed by atoms with van der Waals surface area (Å²) >= 11 is -0.141. The van der Waals surface area contributed by atoms with Gasteiger partial charge in [0.1, 0.15) is 20.2 Å². The molecule has 4 aromatic carbocycles. The van der Waals surface area contributed by atoms with Gasteiger partial charge in [0.15, 0.2) is 14.3 Å². The predicted octanol–water partition coefficient (Wildman–Crippen LogP) is 5.60. The quantitative estimate of drug-likeness (QED) is 0.141. The minimum absolute atomic E-state index is 0.0703. The normalized spacial score (nSPS) is 13.9. The number of benzene rings is 4. The summed E-state index contributed by atoms with van der Waals surface area (Å²) in [5, 5.41) is 0. The van der Waals surface area contributed by atoms with E-state index in [1.165, 1.54) is 36.5 Å². The number of alkyl halides is 8. The van der Waals surface area contributed by atoms with Crippen LogP contribution in [0.2, 0.25) is 0 Å². The van der Waals surface area contributed by atoms with E-state index in [-0.39, 0.29) is 64.1 Å². The highest BCUT2D eigenvalue weighted by Crippen LogP contribution is 2.27. The first-order chi connectivity index (χ1) is 27.6. The fraction of sp³-hybridized carbons (Fsp3) is 0.455. The molecule has 0 aromatic heterocycles. The molecule has 0 aliphatic rings. The SMILES string of the molecule is CC(C)(C)c1ccc([I+]c2ccc(C(C)(C)C)cc2)cc1.CC(C)(C)c1ccc([I+]c2ccc(C(C)(C)C)cc2)cc1.O=S(=O)([O-])C(F)C(F)(F)F.O=S(=O)([O-])C(F)C(F)(F)F. The summed E-state index contributed by atoms with van der Waals surface area (Å²) in [5.74, 6) is 0. The fourth-order valence-electron chi connectivity index (χ4n) is 4.63. The second-order valence-electron chi connectivity index (χ2n) is 17.9. The van der Waals surface area contributed by atoms with Gasteiger partial charge in [-0.2, -0.15) is 26.3 Å². The molecule has 0 heterocycles. The molecule has 0 aliphatic heterocycles. The van der Waals surface area contributed by atoms with Gasteiger partial charge in [-0.25, -0.2) is 25.6 Å². The number of hydrogen-bond acceptors (Lipinski definition) is 6. The zero-order valence-electron chi connectivity index (χ0n) is 36.4. The summed E-state index contributed by atoms with van der Waals surface area (Å²) in [6.45, 7) is 27.2. The second kappa shape index (κ2) is 22.2. The highest BCUT2D eigenvalue weighted by atomic mass is 127. The Balaban J connectivity index is 0.000000440. The minimum atomic E-state index is -5.90. The topological polar surface area (TPSA) is 114 Å². The molecule has 4 rings (SSSR count). The molecule has 0 amide bonds. The Bertz CT molecular complexity index is 1930. The Morgan fingerprint density at radius 2 is 0.516 bits per heavy atom. The van der Waals surface area contributed by atoms with Crippen molar-refractivity contribution in [3.05, 3.63) is 134 Å². The Labute approximate surface area is 382 Å². The highest BCUT2D eigenvalue weighted by molar-refractivity contribution is 7.86. The molecule has 0 bridgehead atoms. The van der Waals surface area contributed by atoms with Gasteiger partial charge in [0, 0.05) is 0 Å². The van der Waals surface area contributed by atoms with E-state index in [9.17, 15) is 61.1 Å². The van der Waals surface area contributed by atoms with Crippen LogP contribution in [0, 0.1) is 14.3 Å². The monoisotopic (exact) mass is 1150 g/mol. The third kappa shape index (κ3) is 21.1. The number of rotatable bonds is 6. The average molecular weight is 1150 g/mol. The molecule has 0 fully saturated rings. The Kier molecular flexibility index (Phi) is 20.6. The lowest BCUT2D eigenvalue weighted by Gasteiger charge is -2.18. The standard InChI is InChI=1S/2C20H26I.2C2H2F4O3S/c2*1-19(2,3)15-7-11-17(12-8-15)21-18-13-9-16(10-14-18)20(4,5)6;2*3-1(2(4,5)6)10(7,8)9/h2*7-14H,1-6H3;2*1H,(H,7,8,9)/q2*+1;;/p-2. The van der Waals surface area contributed by atoms with E-state index in [2.05, 4.69) is 180 Å². The van der Waals surface area contributed by atoms with Gasteiger partial charge in [-0.3, -0.25) is 0 Å². The highest BCUT2D eigenvalue weighted by Gasteiger charge is 2.45. The summed E-state index contributed by atoms with van der Waals surface area (Å²) in [6, 6.07) is 36.8. The molecule has 0 aliphatic carbocycles. The van der Waals surface area contributed by atoms with E-state index in [1.54, 1.807) is 0 Å². The third-order valence-electron chi connectivity index (χ3n) is 8.30. The van der Waals surface area contributed by atoms with Crippen LogP contribution in [0.3, 0.4) is 0 Å². The first kappa shape index (κ1) is 57.6. The van der Waals surface area contributed by atoms with E-state index in [0.717, 1.165) is 0 Å². The van der Waals surface area contributed by atoms with Gasteiger partial charge >= 0.3 is 54.8 Å². The van der Waals surface area contributed by atoms with Crippen molar-refractivity contribution in [1.82, 2.24) is 0 Å². The van der Waals surface area contributed by atoms with Crippen LogP contribution in [0.15, 0.2) is 97.1 Å². The van der Waals surface area contributed by atoms with Crippen LogP contribution in [0.5, 0.6) is 0 Å². The van der Waals surface area contributed by atoms with Crippen LogP contribution in [0.25, 0.3) is 0 Å². The number of halogens is 10. The average Bonchev–Trinajstić information content (AvgIpc) is 3.10. The van der Waals surface area contributed by atoms with Crippen molar-refractivity contribution in [3.63, 3.8) is 0 Å². The summed E-state index contributed by atoms with van der Waals surface area (Å²) in [4.78, 5) is 0. The minimum Gasteiger partial charge on any atom is -0.745 e. The Morgan fingerprint density at radius 3 is 0.597 bits per heavy atom. The number of hydrogen-bond donors (Lipinski definition) is 0. The van der Waals surface area contributed by atoms with Crippen molar-refractivity contribution in [3.8, 4) is 0 Å². The van der Waals surface area contributed by atoms with Crippen LogP contribution < -0.4 is 42.4 Å². The van der Waals surface area contributed by atoms with Crippen LogP contribution in [-0.2, 0) is 41.9 Å². The van der Waals surface area contributed by atoms with E-state index in [0.29, 0.717) is 0 Å². The molecule has 2 unspecified atom stereocenters. The molecule has 2 atom stereocenters. The maximum absolute atomic E-state index is 11.4. The van der Waals surface area contributed by atoms with Gasteiger partial charge in [0.05, 0.1) is 0 Å². The molecule has 0 saturated carbocycles. The maximum Gasteiger partial charge on any atom is 0.433 e. The van der Waals surface area contributed by atoms with Crippen molar-refractivity contribution >= 4 is 20.2 Å². The summed E-state index contributed by atoms with van der Waals surface area (Å²) in [6.07, 6.45) is -11.2. The molecule has 62 heavy (non-hydrogen) atoms. The zero-order chi connectivity index (χ0) is 48.5. The van der Waals surface area contributed by atoms with E-state index < -0.39 is 43.6 Å². The summed E-state index contributed by atoms with van der Waals surface area (Å²) < 4.78 is 151. The lowest BCUT2D eigenvalue weighted by molar-refractivity contribution is -0.597. The Hall–Kier alpha value is -2.40.